The molecule has 2 heterocycles. The molecule has 1 amide bonds. The van der Waals surface area contributed by atoms with E-state index in [0.717, 1.165) is 16.6 Å². The minimum atomic E-state index is -0.452. The summed E-state index contributed by atoms with van der Waals surface area (Å²) >= 11 is 6.02. The van der Waals surface area contributed by atoms with Crippen LogP contribution in [0.4, 0.5) is 5.82 Å². The number of imidazole rings is 1. The van der Waals surface area contributed by atoms with E-state index in [2.05, 4.69) is 15.3 Å². The zero-order valence-electron chi connectivity index (χ0n) is 11.0. The van der Waals surface area contributed by atoms with Crippen molar-refractivity contribution in [3.8, 4) is 5.69 Å². The second kappa shape index (κ2) is 5.41. The molecule has 106 valence electrons. The van der Waals surface area contributed by atoms with Gasteiger partial charge in [-0.1, -0.05) is 11.6 Å². The van der Waals surface area contributed by atoms with Gasteiger partial charge >= 0.3 is 0 Å². The lowest BCUT2D eigenvalue weighted by Crippen LogP contribution is -2.22. The zero-order chi connectivity index (χ0) is 14.8. The maximum Gasteiger partial charge on any atom is 0.236 e. The molecule has 0 bridgehead atoms. The molecule has 0 spiro atoms. The van der Waals surface area contributed by atoms with E-state index in [1.807, 2.05) is 29.0 Å². The Morgan fingerprint density at radius 3 is 2.95 bits per heavy atom. The Balaban J connectivity index is 2.16. The number of primary amides is 1. The Bertz CT molecular complexity index is 800. The molecule has 7 heteroatoms. The van der Waals surface area contributed by atoms with E-state index in [9.17, 15) is 4.79 Å². The minimum absolute atomic E-state index is 0.0163. The van der Waals surface area contributed by atoms with E-state index in [0.29, 0.717) is 10.8 Å². The highest BCUT2D eigenvalue weighted by molar-refractivity contribution is 6.31. The van der Waals surface area contributed by atoms with Crippen molar-refractivity contribution in [2.24, 2.45) is 5.73 Å². The van der Waals surface area contributed by atoms with Crippen molar-refractivity contribution < 1.29 is 4.79 Å². The monoisotopic (exact) mass is 301 g/mol. The summed E-state index contributed by atoms with van der Waals surface area (Å²) in [5.41, 5.74) is 6.76. The minimum Gasteiger partial charge on any atom is -0.368 e. The highest BCUT2D eigenvalue weighted by Gasteiger charge is 2.08. The molecule has 0 saturated heterocycles. The van der Waals surface area contributed by atoms with E-state index in [-0.39, 0.29) is 6.54 Å². The number of nitrogens with one attached hydrogen (secondary N) is 1. The molecule has 3 rings (SSSR count). The fourth-order valence-electron chi connectivity index (χ4n) is 2.07. The average molecular weight is 302 g/mol. The summed E-state index contributed by atoms with van der Waals surface area (Å²) in [7, 11) is 0. The highest BCUT2D eigenvalue weighted by atomic mass is 35.5. The fraction of sp³-hybridized carbons (Fsp3) is 0.0714. The molecule has 0 aliphatic heterocycles. The van der Waals surface area contributed by atoms with Crippen molar-refractivity contribution in [3.05, 3.63) is 48.0 Å². The van der Waals surface area contributed by atoms with Gasteiger partial charge in [0.25, 0.3) is 0 Å². The fourth-order valence-corrected chi connectivity index (χ4v) is 2.23. The smallest absolute Gasteiger partial charge is 0.236 e. The lowest BCUT2D eigenvalue weighted by molar-refractivity contribution is -0.116. The van der Waals surface area contributed by atoms with E-state index >= 15 is 0 Å². The van der Waals surface area contributed by atoms with Gasteiger partial charge in [-0.25, -0.2) is 9.97 Å². The summed E-state index contributed by atoms with van der Waals surface area (Å²) in [6, 6.07) is 7.31. The Morgan fingerprint density at radius 1 is 1.38 bits per heavy atom. The van der Waals surface area contributed by atoms with Crippen LogP contribution >= 0.6 is 11.6 Å². The first-order valence-corrected chi connectivity index (χ1v) is 6.62. The second-order valence-electron chi connectivity index (χ2n) is 4.48. The van der Waals surface area contributed by atoms with Crippen LogP contribution in [0.5, 0.6) is 0 Å². The van der Waals surface area contributed by atoms with Gasteiger partial charge < -0.3 is 15.6 Å². The second-order valence-corrected chi connectivity index (χ2v) is 4.91. The van der Waals surface area contributed by atoms with E-state index in [4.69, 9.17) is 17.3 Å². The standard InChI is InChI=1S/C14H12ClN5O/c15-9-1-2-10-11(5-9)19-14(18-7-13(16)21)6-12(10)20-4-3-17-8-20/h1-6,8H,7H2,(H2,16,21)(H,18,19). The number of carbonyl (C=O) groups is 1. The molecule has 2 aromatic heterocycles. The topological polar surface area (TPSA) is 85.8 Å². The van der Waals surface area contributed by atoms with Crippen LogP contribution in [-0.4, -0.2) is 27.0 Å². The number of halogens is 1. The molecule has 3 N–H and O–H groups in total. The van der Waals surface area contributed by atoms with Gasteiger partial charge in [-0.3, -0.25) is 4.79 Å². The number of hydrogen-bond acceptors (Lipinski definition) is 4. The average Bonchev–Trinajstić information content (AvgIpc) is 2.97. The maximum absolute atomic E-state index is 10.9. The van der Waals surface area contributed by atoms with Gasteiger partial charge in [0, 0.05) is 28.9 Å². The van der Waals surface area contributed by atoms with Crippen LogP contribution in [0.2, 0.25) is 5.02 Å². The summed E-state index contributed by atoms with van der Waals surface area (Å²) in [6.45, 7) is 0.0163. The lowest BCUT2D eigenvalue weighted by Gasteiger charge is -2.11. The molecule has 1 aromatic carbocycles. The summed E-state index contributed by atoms with van der Waals surface area (Å²) in [5.74, 6) is 0.0967. The molecule has 0 aliphatic rings. The van der Waals surface area contributed by atoms with Gasteiger partial charge in [-0.2, -0.15) is 0 Å². The number of rotatable bonds is 4. The normalized spacial score (nSPS) is 10.7. The van der Waals surface area contributed by atoms with Gasteiger partial charge in [0.1, 0.15) is 5.82 Å². The van der Waals surface area contributed by atoms with Crippen LogP contribution in [0.25, 0.3) is 16.6 Å². The first-order chi connectivity index (χ1) is 10.1. The number of fused-ring (bicyclic) bond motifs is 1. The third kappa shape index (κ3) is 2.80. The predicted molar refractivity (Wildman–Crippen MR) is 81.6 cm³/mol. The summed E-state index contributed by atoms with van der Waals surface area (Å²) in [6.07, 6.45) is 5.22. The van der Waals surface area contributed by atoms with E-state index in [1.54, 1.807) is 18.6 Å². The number of aromatic nitrogens is 3. The Morgan fingerprint density at radius 2 is 2.24 bits per heavy atom. The highest BCUT2D eigenvalue weighted by Crippen LogP contribution is 2.26. The molecule has 0 aliphatic carbocycles. The molecule has 6 nitrogen and oxygen atoms in total. The maximum atomic E-state index is 10.9. The molecule has 21 heavy (non-hydrogen) atoms. The van der Waals surface area contributed by atoms with Crippen molar-refractivity contribution in [1.29, 1.82) is 0 Å². The van der Waals surface area contributed by atoms with Crippen LogP contribution in [0.3, 0.4) is 0 Å². The summed E-state index contributed by atoms with van der Waals surface area (Å²) in [5, 5.41) is 4.42. The number of carbonyl (C=O) groups excluding carboxylic acids is 1. The van der Waals surface area contributed by atoms with E-state index < -0.39 is 5.91 Å². The van der Waals surface area contributed by atoms with Crippen molar-refractivity contribution >= 4 is 34.2 Å². The van der Waals surface area contributed by atoms with Gasteiger partial charge in [-0.15, -0.1) is 0 Å². The van der Waals surface area contributed by atoms with Crippen LogP contribution < -0.4 is 11.1 Å². The third-order valence-corrected chi connectivity index (χ3v) is 3.21. The predicted octanol–water partition coefficient (Wildman–Crippen LogP) is 1.97. The largest absolute Gasteiger partial charge is 0.368 e. The zero-order valence-corrected chi connectivity index (χ0v) is 11.7. The Kier molecular flexibility index (Phi) is 3.45. The van der Waals surface area contributed by atoms with Crippen LogP contribution in [0.1, 0.15) is 0 Å². The SMILES string of the molecule is NC(=O)CNc1cc(-n2ccnc2)c2ccc(Cl)cc2n1. The van der Waals surface area contributed by atoms with Crippen molar-refractivity contribution in [1.82, 2.24) is 14.5 Å². The molecular formula is C14H12ClN5O. The van der Waals surface area contributed by atoms with Crippen molar-refractivity contribution in [2.45, 2.75) is 0 Å². The number of hydrogen-bond donors (Lipinski definition) is 2. The molecule has 0 radical (unpaired) electrons. The lowest BCUT2D eigenvalue weighted by atomic mass is 10.2. The van der Waals surface area contributed by atoms with Crippen molar-refractivity contribution in [2.75, 3.05) is 11.9 Å². The van der Waals surface area contributed by atoms with E-state index in [1.165, 1.54) is 0 Å². The molecule has 0 saturated carbocycles. The molecule has 0 unspecified atom stereocenters. The first kappa shape index (κ1) is 13.4. The van der Waals surface area contributed by atoms with Crippen LogP contribution in [0.15, 0.2) is 43.0 Å². The molecule has 3 aromatic rings. The Hall–Kier alpha value is -2.60. The summed E-state index contributed by atoms with van der Waals surface area (Å²) in [4.78, 5) is 19.4. The summed E-state index contributed by atoms with van der Waals surface area (Å²) < 4.78 is 1.87. The van der Waals surface area contributed by atoms with Crippen molar-refractivity contribution in [3.63, 3.8) is 0 Å². The van der Waals surface area contributed by atoms with Gasteiger partial charge in [0.2, 0.25) is 5.91 Å². The number of amides is 1. The van der Waals surface area contributed by atoms with Crippen LogP contribution in [-0.2, 0) is 4.79 Å². The number of benzene rings is 1. The van der Waals surface area contributed by atoms with Gasteiger partial charge in [0.05, 0.1) is 24.1 Å². The Labute approximate surface area is 125 Å². The number of nitrogens with two attached hydrogens (primary N) is 1. The number of nitrogens with zero attached hydrogens (tertiary/aromatic N) is 3. The first-order valence-electron chi connectivity index (χ1n) is 6.24. The van der Waals surface area contributed by atoms with Gasteiger partial charge in [-0.05, 0) is 18.2 Å². The third-order valence-electron chi connectivity index (χ3n) is 2.98. The van der Waals surface area contributed by atoms with Gasteiger partial charge in [0.15, 0.2) is 0 Å². The molecule has 0 atom stereocenters. The molecule has 0 fully saturated rings. The molecular weight excluding hydrogens is 290 g/mol. The number of pyridine rings is 1. The quantitative estimate of drug-likeness (QED) is 0.771. The van der Waals surface area contributed by atoms with Crippen LogP contribution in [0, 0.1) is 0 Å². The number of anilines is 1.